The van der Waals surface area contributed by atoms with Crippen molar-refractivity contribution in [2.75, 3.05) is 4.90 Å². The predicted molar refractivity (Wildman–Crippen MR) is 105 cm³/mol. The molecule has 0 aromatic heterocycles. The van der Waals surface area contributed by atoms with Crippen molar-refractivity contribution < 1.29 is 9.84 Å². The predicted octanol–water partition coefficient (Wildman–Crippen LogP) is 3.73. The molecule has 5 rings (SSSR count). The molecule has 5 heteroatoms. The number of aromatic hydroxyl groups is 1. The monoisotopic (exact) mass is 374 g/mol. The summed E-state index contributed by atoms with van der Waals surface area (Å²) in [6.07, 6.45) is 1.96. The van der Waals surface area contributed by atoms with Crippen LogP contribution in [0.3, 0.4) is 0 Å². The average Bonchev–Trinajstić information content (AvgIpc) is 2.92. The van der Waals surface area contributed by atoms with Gasteiger partial charge in [-0.25, -0.2) is 4.99 Å². The van der Waals surface area contributed by atoms with Gasteiger partial charge in [0.05, 0.1) is 16.3 Å². The van der Waals surface area contributed by atoms with E-state index in [-0.39, 0.29) is 5.75 Å². The molecule has 2 aliphatic rings. The first-order chi connectivity index (χ1) is 13.2. The summed E-state index contributed by atoms with van der Waals surface area (Å²) < 4.78 is 6.21. The number of fused-ring (bicyclic) bond motifs is 3. The lowest BCUT2D eigenvalue weighted by Gasteiger charge is -2.21. The van der Waals surface area contributed by atoms with Gasteiger partial charge in [0.25, 0.3) is 0 Å². The molecule has 0 fully saturated rings. The lowest BCUT2D eigenvalue weighted by atomic mass is 10.2. The smallest absolute Gasteiger partial charge is 0.167 e. The number of ether oxygens (including phenoxy) is 1. The van der Waals surface area contributed by atoms with Gasteiger partial charge in [0, 0.05) is 17.8 Å². The van der Waals surface area contributed by atoms with E-state index in [4.69, 9.17) is 16.3 Å². The minimum Gasteiger partial charge on any atom is -0.507 e. The number of hydrogen-bond acceptors (Lipinski definition) is 4. The van der Waals surface area contributed by atoms with Crippen LogP contribution in [0.4, 0.5) is 5.69 Å². The zero-order chi connectivity index (χ0) is 18.4. The van der Waals surface area contributed by atoms with Crippen LogP contribution in [-0.4, -0.2) is 5.11 Å². The molecule has 0 unspecified atom stereocenters. The summed E-state index contributed by atoms with van der Waals surface area (Å²) in [6, 6.07) is 21.3. The van der Waals surface area contributed by atoms with Crippen LogP contribution in [0.5, 0.6) is 11.5 Å². The van der Waals surface area contributed by atoms with E-state index >= 15 is 0 Å². The Morgan fingerprint density at radius 3 is 2.63 bits per heavy atom. The molecule has 0 spiro atoms. The van der Waals surface area contributed by atoms with Crippen molar-refractivity contribution in [3.05, 3.63) is 99.8 Å². The number of nitrogens with zero attached hydrogens (tertiary/aromatic N) is 2. The lowest BCUT2D eigenvalue weighted by molar-refractivity contribution is 0.463. The van der Waals surface area contributed by atoms with Crippen molar-refractivity contribution >= 4 is 23.0 Å². The Labute approximate surface area is 160 Å². The molecular weight excluding hydrogens is 360 g/mol. The number of para-hydroxylation sites is 2. The molecule has 0 radical (unpaired) electrons. The average molecular weight is 375 g/mol. The molecule has 0 atom stereocenters. The summed E-state index contributed by atoms with van der Waals surface area (Å²) in [4.78, 5) is 6.76. The van der Waals surface area contributed by atoms with Gasteiger partial charge in [-0.1, -0.05) is 54.1 Å². The van der Waals surface area contributed by atoms with Gasteiger partial charge in [-0.05, 0) is 29.8 Å². The maximum atomic E-state index is 10.4. The highest BCUT2D eigenvalue weighted by Crippen LogP contribution is 2.37. The highest BCUT2D eigenvalue weighted by Gasteiger charge is 2.25. The second-order valence-electron chi connectivity index (χ2n) is 6.46. The Morgan fingerprint density at radius 2 is 1.78 bits per heavy atom. The van der Waals surface area contributed by atoms with Crippen LogP contribution < -0.4 is 20.2 Å². The number of halogens is 1. The molecule has 27 heavy (non-hydrogen) atoms. The van der Waals surface area contributed by atoms with E-state index in [0.29, 0.717) is 39.3 Å². The van der Waals surface area contributed by atoms with E-state index in [0.717, 1.165) is 5.69 Å². The van der Waals surface area contributed by atoms with Crippen LogP contribution in [0.15, 0.2) is 83.6 Å². The Hall–Kier alpha value is -3.24. The van der Waals surface area contributed by atoms with Crippen molar-refractivity contribution in [3.8, 4) is 11.5 Å². The topological polar surface area (TPSA) is 45.1 Å². The Balaban J connectivity index is 1.71. The van der Waals surface area contributed by atoms with Crippen molar-refractivity contribution in [1.29, 1.82) is 0 Å². The van der Waals surface area contributed by atoms with Gasteiger partial charge in [0.15, 0.2) is 11.5 Å². The van der Waals surface area contributed by atoms with Gasteiger partial charge in [0.1, 0.15) is 11.4 Å². The number of anilines is 1. The van der Waals surface area contributed by atoms with Crippen molar-refractivity contribution in [1.82, 2.24) is 0 Å². The van der Waals surface area contributed by atoms with Gasteiger partial charge in [-0.2, -0.15) is 0 Å². The third-order valence-electron chi connectivity index (χ3n) is 4.62. The molecule has 2 aliphatic heterocycles. The second kappa shape index (κ2) is 6.18. The molecule has 1 N–H and O–H groups in total. The van der Waals surface area contributed by atoms with Crippen molar-refractivity contribution in [3.63, 3.8) is 0 Å². The maximum Gasteiger partial charge on any atom is 0.167 e. The van der Waals surface area contributed by atoms with E-state index in [1.807, 2.05) is 48.7 Å². The van der Waals surface area contributed by atoms with Crippen LogP contribution in [0.25, 0.3) is 5.76 Å². The van der Waals surface area contributed by atoms with Gasteiger partial charge >= 0.3 is 0 Å². The third-order valence-corrected chi connectivity index (χ3v) is 4.84. The fourth-order valence-corrected chi connectivity index (χ4v) is 3.62. The summed E-state index contributed by atoms with van der Waals surface area (Å²) in [7, 11) is 0. The molecule has 132 valence electrons. The third kappa shape index (κ3) is 2.75. The molecular formula is C22H15ClN2O2. The standard InChI is InChI=1S/C22H15ClN2O2/c23-15-10-16-21(19(26)11-15)22-17(24-16)13-25(12-14-6-2-1-3-7-14)18-8-4-5-9-20(18)27-22/h1-11,13,26H,12H2. The summed E-state index contributed by atoms with van der Waals surface area (Å²) in [5, 5.41) is 12.0. The Morgan fingerprint density at radius 1 is 1.00 bits per heavy atom. The fraction of sp³-hybridized carbons (Fsp3) is 0.0455. The first-order valence-corrected chi connectivity index (χ1v) is 8.98. The largest absolute Gasteiger partial charge is 0.507 e. The minimum atomic E-state index is 0.0636. The van der Waals surface area contributed by atoms with Gasteiger partial charge in [-0.3, -0.25) is 0 Å². The number of phenolic OH excluding ortho intramolecular Hbond substituents is 1. The lowest BCUT2D eigenvalue weighted by Crippen LogP contribution is -2.24. The fourth-order valence-electron chi connectivity index (χ4n) is 3.42. The summed E-state index contributed by atoms with van der Waals surface area (Å²) >= 11 is 6.08. The van der Waals surface area contributed by atoms with E-state index in [1.165, 1.54) is 11.6 Å². The molecule has 4 nitrogen and oxygen atoms in total. The highest BCUT2D eigenvalue weighted by atomic mass is 35.5. The molecule has 0 bridgehead atoms. The molecule has 3 aromatic carbocycles. The quantitative estimate of drug-likeness (QED) is 0.743. The van der Waals surface area contributed by atoms with E-state index in [1.54, 1.807) is 6.07 Å². The SMILES string of the molecule is Oc1cc(Cl)cc2c1=C1Oc3ccccc3N(Cc3ccccc3)C=C1N=2. The normalized spacial score (nSPS) is 14.3. The van der Waals surface area contributed by atoms with Gasteiger partial charge in [0.2, 0.25) is 0 Å². The van der Waals surface area contributed by atoms with E-state index in [9.17, 15) is 5.11 Å². The molecule has 2 heterocycles. The first kappa shape index (κ1) is 16.0. The minimum absolute atomic E-state index is 0.0636. The number of hydrogen-bond donors (Lipinski definition) is 1. The zero-order valence-electron chi connectivity index (χ0n) is 14.3. The number of phenols is 1. The molecule has 0 aliphatic carbocycles. The second-order valence-corrected chi connectivity index (χ2v) is 6.89. The summed E-state index contributed by atoms with van der Waals surface area (Å²) in [6.45, 7) is 0.677. The molecule has 0 amide bonds. The Bertz CT molecular complexity index is 1200. The molecule has 3 aromatic rings. The van der Waals surface area contributed by atoms with Crippen molar-refractivity contribution in [2.45, 2.75) is 6.54 Å². The van der Waals surface area contributed by atoms with Crippen molar-refractivity contribution in [2.24, 2.45) is 4.99 Å². The molecule has 0 saturated carbocycles. The van der Waals surface area contributed by atoms with Crippen LogP contribution in [0, 0.1) is 0 Å². The summed E-state index contributed by atoms with van der Waals surface area (Å²) in [5.74, 6) is 1.32. The van der Waals surface area contributed by atoms with Crippen LogP contribution in [0.1, 0.15) is 5.56 Å². The zero-order valence-corrected chi connectivity index (χ0v) is 15.0. The first-order valence-electron chi connectivity index (χ1n) is 8.60. The summed E-state index contributed by atoms with van der Waals surface area (Å²) in [5.41, 5.74) is 2.78. The maximum absolute atomic E-state index is 10.4. The highest BCUT2D eigenvalue weighted by molar-refractivity contribution is 6.30. The molecule has 0 saturated heterocycles. The van der Waals surface area contributed by atoms with Crippen LogP contribution >= 0.6 is 11.6 Å². The number of benzene rings is 3. The van der Waals surface area contributed by atoms with Crippen LogP contribution in [0.2, 0.25) is 5.02 Å². The van der Waals surface area contributed by atoms with Gasteiger partial charge in [-0.15, -0.1) is 0 Å². The van der Waals surface area contributed by atoms with E-state index < -0.39 is 0 Å². The van der Waals surface area contributed by atoms with Crippen LogP contribution in [-0.2, 0) is 6.54 Å². The number of rotatable bonds is 2. The van der Waals surface area contributed by atoms with Gasteiger partial charge < -0.3 is 14.7 Å². The Kier molecular flexibility index (Phi) is 3.66. The van der Waals surface area contributed by atoms with E-state index in [2.05, 4.69) is 22.0 Å².